The third kappa shape index (κ3) is 3.06. The second-order valence-corrected chi connectivity index (χ2v) is 4.46. The molecule has 1 aliphatic rings. The third-order valence-electron chi connectivity index (χ3n) is 3.06. The van der Waals surface area contributed by atoms with Crippen molar-refractivity contribution < 1.29 is 9.59 Å². The van der Waals surface area contributed by atoms with E-state index in [0.29, 0.717) is 11.3 Å². The van der Waals surface area contributed by atoms with Crippen LogP contribution >= 0.6 is 0 Å². The first-order chi connectivity index (χ1) is 9.61. The fourth-order valence-corrected chi connectivity index (χ4v) is 2.08. The lowest BCUT2D eigenvalue weighted by Crippen LogP contribution is -2.50. The predicted octanol–water partition coefficient (Wildman–Crippen LogP) is 1.40. The molecule has 1 atom stereocenters. The smallest absolute Gasteiger partial charge is 0.319 e. The molecule has 0 saturated carbocycles. The summed E-state index contributed by atoms with van der Waals surface area (Å²) in [5, 5.41) is 7.92. The summed E-state index contributed by atoms with van der Waals surface area (Å²) >= 11 is 0. The maximum Gasteiger partial charge on any atom is 0.319 e. The number of nitrogens with one attached hydrogen (secondary N) is 3. The van der Waals surface area contributed by atoms with Crippen LogP contribution in [0.25, 0.3) is 6.08 Å². The predicted molar refractivity (Wildman–Crippen MR) is 77.7 cm³/mol. The van der Waals surface area contributed by atoms with Crippen LogP contribution in [-0.4, -0.2) is 25.0 Å². The average molecular weight is 271 g/mol. The fourth-order valence-electron chi connectivity index (χ4n) is 2.08. The van der Waals surface area contributed by atoms with E-state index in [0.717, 1.165) is 5.56 Å². The SMILES string of the molecule is CNC(=O)C1=C(C)NC(=O)NC1/C=C/c1ccccc1. The molecule has 3 N–H and O–H groups in total. The number of allylic oxidation sites excluding steroid dienone is 1. The van der Waals surface area contributed by atoms with Crippen molar-refractivity contribution in [3.05, 3.63) is 53.2 Å². The van der Waals surface area contributed by atoms with Gasteiger partial charge in [-0.3, -0.25) is 4.79 Å². The van der Waals surface area contributed by atoms with Gasteiger partial charge >= 0.3 is 6.03 Å². The summed E-state index contributed by atoms with van der Waals surface area (Å²) in [6, 6.07) is 8.96. The van der Waals surface area contributed by atoms with Crippen LogP contribution in [0.1, 0.15) is 12.5 Å². The normalized spacial score (nSPS) is 18.7. The minimum atomic E-state index is -0.441. The molecular weight excluding hydrogens is 254 g/mol. The lowest BCUT2D eigenvalue weighted by molar-refractivity contribution is -0.117. The van der Waals surface area contributed by atoms with E-state index in [2.05, 4.69) is 16.0 Å². The molecule has 2 rings (SSSR count). The van der Waals surface area contributed by atoms with E-state index < -0.39 is 6.04 Å². The Morgan fingerprint density at radius 1 is 1.30 bits per heavy atom. The minimum absolute atomic E-state index is 0.210. The molecule has 0 saturated heterocycles. The summed E-state index contributed by atoms with van der Waals surface area (Å²) < 4.78 is 0. The standard InChI is InChI=1S/C15H17N3O2/c1-10-13(14(19)16-2)12(18-15(20)17-10)9-8-11-6-4-3-5-7-11/h3-9,12H,1-2H3,(H,16,19)(H2,17,18,20)/b9-8+. The Balaban J connectivity index is 2.28. The van der Waals surface area contributed by atoms with Gasteiger partial charge in [-0.2, -0.15) is 0 Å². The largest absolute Gasteiger partial charge is 0.355 e. The molecule has 3 amide bonds. The molecule has 1 heterocycles. The molecule has 1 aromatic carbocycles. The highest BCUT2D eigenvalue weighted by Gasteiger charge is 2.27. The molecule has 0 aromatic heterocycles. The molecule has 104 valence electrons. The number of likely N-dealkylation sites (N-methyl/N-ethyl adjacent to an activating group) is 1. The number of amides is 3. The van der Waals surface area contributed by atoms with Gasteiger partial charge in [-0.05, 0) is 12.5 Å². The molecule has 1 aromatic rings. The molecule has 5 heteroatoms. The quantitative estimate of drug-likeness (QED) is 0.777. The van der Waals surface area contributed by atoms with Crippen molar-refractivity contribution in [3.63, 3.8) is 0 Å². The summed E-state index contributed by atoms with van der Waals surface area (Å²) in [6.45, 7) is 1.71. The van der Waals surface area contributed by atoms with Gasteiger partial charge in [-0.25, -0.2) is 4.79 Å². The van der Waals surface area contributed by atoms with E-state index in [1.807, 2.05) is 42.5 Å². The molecular formula is C15H17N3O2. The second kappa shape index (κ2) is 6.06. The zero-order valence-corrected chi connectivity index (χ0v) is 11.4. The van der Waals surface area contributed by atoms with Crippen LogP contribution in [0.5, 0.6) is 0 Å². The zero-order valence-electron chi connectivity index (χ0n) is 11.4. The van der Waals surface area contributed by atoms with Gasteiger partial charge in [0.1, 0.15) is 0 Å². The van der Waals surface area contributed by atoms with Crippen LogP contribution in [0.15, 0.2) is 47.7 Å². The molecule has 1 aliphatic heterocycles. The molecule has 0 spiro atoms. The van der Waals surface area contributed by atoms with Crippen molar-refractivity contribution in [3.8, 4) is 0 Å². The summed E-state index contributed by atoms with van der Waals surface area (Å²) in [5.74, 6) is -0.210. The van der Waals surface area contributed by atoms with Gasteiger partial charge in [-0.15, -0.1) is 0 Å². The monoisotopic (exact) mass is 271 g/mol. The van der Waals surface area contributed by atoms with E-state index in [-0.39, 0.29) is 11.9 Å². The number of hydrogen-bond donors (Lipinski definition) is 3. The first-order valence-electron chi connectivity index (χ1n) is 6.35. The third-order valence-corrected chi connectivity index (χ3v) is 3.06. The van der Waals surface area contributed by atoms with Gasteiger partial charge in [-0.1, -0.05) is 42.5 Å². The number of carbonyl (C=O) groups excluding carboxylic acids is 2. The summed E-state index contributed by atoms with van der Waals surface area (Å²) in [5.41, 5.74) is 2.09. The van der Waals surface area contributed by atoms with Crippen molar-refractivity contribution in [2.45, 2.75) is 13.0 Å². The lowest BCUT2D eigenvalue weighted by atomic mass is 10.0. The van der Waals surface area contributed by atoms with E-state index in [1.165, 1.54) is 0 Å². The molecule has 0 aliphatic carbocycles. The molecule has 5 nitrogen and oxygen atoms in total. The van der Waals surface area contributed by atoms with Crippen LogP contribution in [0.4, 0.5) is 4.79 Å². The maximum absolute atomic E-state index is 11.9. The Hall–Kier alpha value is -2.56. The Morgan fingerprint density at radius 3 is 2.65 bits per heavy atom. The summed E-state index contributed by atoms with van der Waals surface area (Å²) in [7, 11) is 1.57. The van der Waals surface area contributed by atoms with E-state index in [4.69, 9.17) is 0 Å². The van der Waals surface area contributed by atoms with Crippen molar-refractivity contribution in [1.29, 1.82) is 0 Å². The van der Waals surface area contributed by atoms with E-state index >= 15 is 0 Å². The Bertz CT molecular complexity index is 576. The number of hydrogen-bond acceptors (Lipinski definition) is 2. The van der Waals surface area contributed by atoms with E-state index in [9.17, 15) is 9.59 Å². The Kier molecular flexibility index (Phi) is 4.20. The van der Waals surface area contributed by atoms with Crippen molar-refractivity contribution in [1.82, 2.24) is 16.0 Å². The molecule has 20 heavy (non-hydrogen) atoms. The summed E-state index contributed by atoms with van der Waals surface area (Å²) in [4.78, 5) is 23.4. The number of benzene rings is 1. The molecule has 0 fully saturated rings. The van der Waals surface area contributed by atoms with Crippen LogP contribution in [-0.2, 0) is 4.79 Å². The number of rotatable bonds is 3. The second-order valence-electron chi connectivity index (χ2n) is 4.46. The number of urea groups is 1. The van der Waals surface area contributed by atoms with Crippen molar-refractivity contribution in [2.24, 2.45) is 0 Å². The van der Waals surface area contributed by atoms with Gasteiger partial charge in [0, 0.05) is 12.7 Å². The van der Waals surface area contributed by atoms with Crippen molar-refractivity contribution >= 4 is 18.0 Å². The average Bonchev–Trinajstić information content (AvgIpc) is 2.45. The van der Waals surface area contributed by atoms with Crippen LogP contribution in [0.2, 0.25) is 0 Å². The fraction of sp³-hybridized carbons (Fsp3) is 0.200. The highest BCUT2D eigenvalue weighted by molar-refractivity contribution is 5.98. The van der Waals surface area contributed by atoms with Gasteiger partial charge in [0.15, 0.2) is 0 Å². The van der Waals surface area contributed by atoms with E-state index in [1.54, 1.807) is 14.0 Å². The van der Waals surface area contributed by atoms with Crippen LogP contribution < -0.4 is 16.0 Å². The van der Waals surface area contributed by atoms with Gasteiger partial charge < -0.3 is 16.0 Å². The molecule has 1 unspecified atom stereocenters. The molecule has 0 bridgehead atoms. The van der Waals surface area contributed by atoms with Crippen molar-refractivity contribution in [2.75, 3.05) is 7.05 Å². The maximum atomic E-state index is 11.9. The Labute approximate surface area is 117 Å². The van der Waals surface area contributed by atoms with Gasteiger partial charge in [0.2, 0.25) is 0 Å². The minimum Gasteiger partial charge on any atom is -0.355 e. The zero-order chi connectivity index (χ0) is 14.5. The van der Waals surface area contributed by atoms with Crippen LogP contribution in [0.3, 0.4) is 0 Å². The topological polar surface area (TPSA) is 70.2 Å². The molecule has 0 radical (unpaired) electrons. The number of carbonyl (C=O) groups is 2. The van der Waals surface area contributed by atoms with Gasteiger partial charge in [0.25, 0.3) is 5.91 Å². The summed E-state index contributed by atoms with van der Waals surface area (Å²) in [6.07, 6.45) is 3.69. The van der Waals surface area contributed by atoms with Gasteiger partial charge in [0.05, 0.1) is 11.6 Å². The van der Waals surface area contributed by atoms with Crippen LogP contribution in [0, 0.1) is 0 Å². The highest BCUT2D eigenvalue weighted by atomic mass is 16.2. The first-order valence-corrected chi connectivity index (χ1v) is 6.35. The first kappa shape index (κ1) is 13.9. The lowest BCUT2D eigenvalue weighted by Gasteiger charge is -2.25. The highest BCUT2D eigenvalue weighted by Crippen LogP contribution is 2.14. The Morgan fingerprint density at radius 2 is 2.00 bits per heavy atom.